The predicted octanol–water partition coefficient (Wildman–Crippen LogP) is 6.20. The van der Waals surface area contributed by atoms with E-state index in [2.05, 4.69) is 67.4 Å². The van der Waals surface area contributed by atoms with Gasteiger partial charge in [0, 0.05) is 18.5 Å². The summed E-state index contributed by atoms with van der Waals surface area (Å²) >= 11 is 0. The van der Waals surface area contributed by atoms with Gasteiger partial charge in [-0.3, -0.25) is 4.98 Å². The van der Waals surface area contributed by atoms with Crippen LogP contribution in [0, 0.1) is 0 Å². The van der Waals surface area contributed by atoms with Crippen molar-refractivity contribution in [2.24, 2.45) is 0 Å². The van der Waals surface area contributed by atoms with E-state index in [1.165, 1.54) is 11.1 Å². The van der Waals surface area contributed by atoms with Crippen LogP contribution in [0.3, 0.4) is 0 Å². The van der Waals surface area contributed by atoms with E-state index >= 15 is 0 Å². The van der Waals surface area contributed by atoms with Crippen LogP contribution in [-0.4, -0.2) is 4.98 Å². The average Bonchev–Trinajstić information content (AvgIpc) is 2.62. The standard InChI is InChI=1S/C23H25N/c1-17(2)18-10-12-19(13-11-18)22-15-14-21(16-24-22)23(3,4)20-8-6-5-7-9-20/h5-17H,1-4H3/i17D. The van der Waals surface area contributed by atoms with Gasteiger partial charge >= 0.3 is 0 Å². The summed E-state index contributed by atoms with van der Waals surface area (Å²) in [6.07, 6.45) is 1.98. The van der Waals surface area contributed by atoms with Crippen LogP contribution in [0.4, 0.5) is 0 Å². The molecule has 0 saturated heterocycles. The number of benzene rings is 2. The molecule has 24 heavy (non-hydrogen) atoms. The van der Waals surface area contributed by atoms with Crippen LogP contribution >= 0.6 is 0 Å². The molecule has 0 bridgehead atoms. The summed E-state index contributed by atoms with van der Waals surface area (Å²) in [5, 5.41) is 0. The predicted molar refractivity (Wildman–Crippen MR) is 102 cm³/mol. The van der Waals surface area contributed by atoms with Crippen LogP contribution in [0.25, 0.3) is 11.3 Å². The molecule has 1 heterocycles. The molecule has 0 N–H and O–H groups in total. The highest BCUT2D eigenvalue weighted by atomic mass is 14.7. The molecule has 0 saturated carbocycles. The topological polar surface area (TPSA) is 12.9 Å². The Morgan fingerprint density at radius 3 is 2.04 bits per heavy atom. The lowest BCUT2D eigenvalue weighted by Crippen LogP contribution is -2.18. The smallest absolute Gasteiger partial charge is 0.0702 e. The minimum absolute atomic E-state index is 0.0775. The zero-order chi connectivity index (χ0) is 18.1. The molecule has 0 unspecified atom stereocenters. The Balaban J connectivity index is 1.88. The lowest BCUT2D eigenvalue weighted by Gasteiger charge is -2.25. The molecule has 122 valence electrons. The van der Waals surface area contributed by atoms with Crippen molar-refractivity contribution in [1.29, 1.82) is 0 Å². The lowest BCUT2D eigenvalue weighted by atomic mass is 9.79. The number of rotatable bonds is 4. The van der Waals surface area contributed by atoms with E-state index in [1.54, 1.807) is 0 Å². The number of hydrogen-bond acceptors (Lipinski definition) is 1. The fourth-order valence-electron chi connectivity index (χ4n) is 2.93. The molecule has 3 aromatic rings. The molecule has 0 fully saturated rings. The highest BCUT2D eigenvalue weighted by Gasteiger charge is 2.23. The molecule has 0 aliphatic rings. The van der Waals surface area contributed by atoms with Gasteiger partial charge in [-0.2, -0.15) is 0 Å². The van der Waals surface area contributed by atoms with Crippen molar-refractivity contribution in [2.75, 3.05) is 0 Å². The van der Waals surface area contributed by atoms with Crippen molar-refractivity contribution >= 4 is 0 Å². The molecule has 0 radical (unpaired) electrons. The summed E-state index contributed by atoms with van der Waals surface area (Å²) in [6.45, 7) is 8.26. The fraction of sp³-hybridized carbons (Fsp3) is 0.261. The number of aromatic nitrogens is 1. The number of pyridine rings is 1. The van der Waals surface area contributed by atoms with Crippen molar-refractivity contribution in [3.8, 4) is 11.3 Å². The van der Waals surface area contributed by atoms with E-state index in [0.717, 1.165) is 16.8 Å². The number of nitrogens with zero attached hydrogens (tertiary/aromatic N) is 1. The third-order valence-electron chi connectivity index (χ3n) is 4.74. The van der Waals surface area contributed by atoms with E-state index in [4.69, 9.17) is 1.37 Å². The Bertz CT molecular complexity index is 826. The first kappa shape index (κ1) is 15.1. The zero-order valence-corrected chi connectivity index (χ0v) is 14.9. The van der Waals surface area contributed by atoms with Gasteiger partial charge in [-0.1, -0.05) is 88.4 Å². The Labute approximate surface area is 146 Å². The molecular formula is C23H25N. The van der Waals surface area contributed by atoms with Crippen molar-refractivity contribution in [1.82, 2.24) is 4.98 Å². The summed E-state index contributed by atoms with van der Waals surface area (Å²) in [5.74, 6) is -0.574. The molecule has 1 nitrogen and oxygen atoms in total. The maximum atomic E-state index is 8.11. The summed E-state index contributed by atoms with van der Waals surface area (Å²) in [4.78, 5) is 4.69. The molecule has 2 aromatic carbocycles. The van der Waals surface area contributed by atoms with Gasteiger partial charge in [0.15, 0.2) is 0 Å². The van der Waals surface area contributed by atoms with E-state index in [-0.39, 0.29) is 5.41 Å². The lowest BCUT2D eigenvalue weighted by molar-refractivity contribution is 0.638. The van der Waals surface area contributed by atoms with Gasteiger partial charge in [0.2, 0.25) is 0 Å². The summed E-state index contributed by atoms with van der Waals surface area (Å²) in [5.41, 5.74) is 5.46. The average molecular weight is 316 g/mol. The third kappa shape index (κ3) is 3.26. The molecule has 0 atom stereocenters. The molecule has 0 amide bonds. The van der Waals surface area contributed by atoms with Crippen LogP contribution in [0.15, 0.2) is 72.9 Å². The van der Waals surface area contributed by atoms with E-state index in [0.29, 0.717) is 0 Å². The Hall–Kier alpha value is -2.41. The third-order valence-corrected chi connectivity index (χ3v) is 4.74. The van der Waals surface area contributed by atoms with Crippen LogP contribution < -0.4 is 0 Å². The Morgan fingerprint density at radius 2 is 1.50 bits per heavy atom. The molecular weight excluding hydrogens is 290 g/mol. The van der Waals surface area contributed by atoms with Crippen molar-refractivity contribution < 1.29 is 1.37 Å². The van der Waals surface area contributed by atoms with Gasteiger partial charge in [-0.15, -0.1) is 0 Å². The van der Waals surface area contributed by atoms with Gasteiger partial charge in [0.1, 0.15) is 0 Å². The first-order valence-electron chi connectivity index (χ1n) is 8.91. The fourth-order valence-corrected chi connectivity index (χ4v) is 2.93. The van der Waals surface area contributed by atoms with Gasteiger partial charge < -0.3 is 0 Å². The largest absolute Gasteiger partial charge is 0.256 e. The van der Waals surface area contributed by atoms with Crippen LogP contribution in [0.5, 0.6) is 0 Å². The molecule has 0 spiro atoms. The quantitative estimate of drug-likeness (QED) is 0.558. The van der Waals surface area contributed by atoms with Crippen molar-refractivity contribution in [3.63, 3.8) is 0 Å². The first-order chi connectivity index (χ1) is 11.8. The van der Waals surface area contributed by atoms with E-state index < -0.39 is 5.89 Å². The second-order valence-corrected chi connectivity index (χ2v) is 7.00. The number of hydrogen-bond donors (Lipinski definition) is 0. The van der Waals surface area contributed by atoms with Gasteiger partial charge in [0.25, 0.3) is 0 Å². The first-order valence-corrected chi connectivity index (χ1v) is 8.41. The van der Waals surface area contributed by atoms with Gasteiger partial charge in [-0.05, 0) is 28.7 Å². The van der Waals surface area contributed by atoms with E-state index in [1.807, 2.05) is 38.2 Å². The van der Waals surface area contributed by atoms with Crippen LogP contribution in [0.1, 0.15) is 51.7 Å². The molecule has 0 aliphatic carbocycles. The van der Waals surface area contributed by atoms with Crippen molar-refractivity contribution in [3.05, 3.63) is 89.6 Å². The molecule has 0 aliphatic heterocycles. The molecule has 3 rings (SSSR count). The van der Waals surface area contributed by atoms with E-state index in [9.17, 15) is 0 Å². The maximum Gasteiger partial charge on any atom is 0.0702 e. The monoisotopic (exact) mass is 316 g/mol. The normalized spacial score (nSPS) is 12.8. The second kappa shape index (κ2) is 6.60. The summed E-state index contributed by atoms with van der Waals surface area (Å²) in [6, 6.07) is 22.9. The minimum Gasteiger partial charge on any atom is -0.256 e. The maximum absolute atomic E-state index is 8.11. The van der Waals surface area contributed by atoms with Crippen LogP contribution in [0.2, 0.25) is 0 Å². The molecule has 1 aromatic heterocycles. The van der Waals surface area contributed by atoms with Gasteiger partial charge in [0.05, 0.1) is 5.69 Å². The van der Waals surface area contributed by atoms with Crippen molar-refractivity contribution in [2.45, 2.75) is 39.0 Å². The Kier molecular flexibility index (Phi) is 4.17. The highest BCUT2D eigenvalue weighted by Crippen LogP contribution is 2.31. The Morgan fingerprint density at radius 1 is 0.833 bits per heavy atom. The SMILES string of the molecule is [2H]C(C)(C)c1ccc(-c2ccc(C(C)(C)c3ccccc3)cn2)cc1. The summed E-state index contributed by atoms with van der Waals surface area (Å²) < 4.78 is 8.11. The van der Waals surface area contributed by atoms with Gasteiger partial charge in [-0.25, -0.2) is 0 Å². The van der Waals surface area contributed by atoms with Crippen LogP contribution in [-0.2, 0) is 5.41 Å². The molecule has 1 heteroatoms. The summed E-state index contributed by atoms with van der Waals surface area (Å²) in [7, 11) is 0. The minimum atomic E-state index is -0.574. The zero-order valence-electron chi connectivity index (χ0n) is 15.9. The second-order valence-electron chi connectivity index (χ2n) is 7.00. The highest BCUT2D eigenvalue weighted by molar-refractivity contribution is 5.60.